The maximum absolute atomic E-state index is 10.9. The Kier molecular flexibility index (Phi) is 10.3. The normalized spacial score (nSPS) is 9.71. The van der Waals surface area contributed by atoms with Crippen molar-refractivity contribution in [1.82, 2.24) is 0 Å². The zero-order valence-electron chi connectivity index (χ0n) is 10.6. The quantitative estimate of drug-likeness (QED) is 0.336. The Morgan fingerprint density at radius 1 is 0.941 bits per heavy atom. The van der Waals surface area contributed by atoms with Gasteiger partial charge >= 0.3 is 11.9 Å². The van der Waals surface area contributed by atoms with Crippen LogP contribution < -0.4 is 0 Å². The van der Waals surface area contributed by atoms with E-state index in [1.54, 1.807) is 0 Å². The van der Waals surface area contributed by atoms with Gasteiger partial charge in [-0.2, -0.15) is 0 Å². The van der Waals surface area contributed by atoms with Crippen molar-refractivity contribution >= 4 is 11.9 Å². The van der Waals surface area contributed by atoms with E-state index in [9.17, 15) is 9.59 Å². The first-order chi connectivity index (χ1) is 8.20. The molecular weight excluding hydrogens is 220 g/mol. The molecule has 0 unspecified atom stereocenters. The van der Waals surface area contributed by atoms with E-state index in [0.29, 0.717) is 12.8 Å². The zero-order valence-corrected chi connectivity index (χ0v) is 10.6. The Balaban J connectivity index is 3.16. The molecular formula is C13H22O4. The Labute approximate surface area is 103 Å². The third-order valence-corrected chi connectivity index (χ3v) is 2.45. The van der Waals surface area contributed by atoms with Gasteiger partial charge in [0.15, 0.2) is 0 Å². The second-order valence-corrected chi connectivity index (χ2v) is 3.85. The first kappa shape index (κ1) is 15.7. The molecule has 0 radical (unpaired) electrons. The van der Waals surface area contributed by atoms with E-state index in [1.807, 2.05) is 0 Å². The minimum atomic E-state index is -0.217. The third-order valence-electron chi connectivity index (χ3n) is 2.45. The third kappa shape index (κ3) is 11.0. The van der Waals surface area contributed by atoms with Crippen LogP contribution in [0, 0.1) is 0 Å². The van der Waals surface area contributed by atoms with Crippen molar-refractivity contribution < 1.29 is 19.1 Å². The lowest BCUT2D eigenvalue weighted by atomic mass is 10.1. The number of ether oxygens (including phenoxy) is 2. The predicted molar refractivity (Wildman–Crippen MR) is 65.2 cm³/mol. The first-order valence-corrected chi connectivity index (χ1v) is 6.08. The summed E-state index contributed by atoms with van der Waals surface area (Å²) in [5, 5.41) is 0. The van der Waals surface area contributed by atoms with Crippen LogP contribution in [0.1, 0.15) is 51.4 Å². The maximum Gasteiger partial charge on any atom is 0.310 e. The summed E-state index contributed by atoms with van der Waals surface area (Å²) >= 11 is 0. The number of carbonyl (C=O) groups excluding carboxylic acids is 2. The van der Waals surface area contributed by atoms with E-state index in [-0.39, 0.29) is 11.9 Å². The molecule has 98 valence electrons. The second-order valence-electron chi connectivity index (χ2n) is 3.85. The van der Waals surface area contributed by atoms with Crippen molar-refractivity contribution in [2.24, 2.45) is 0 Å². The molecule has 0 aliphatic carbocycles. The van der Waals surface area contributed by atoms with E-state index in [4.69, 9.17) is 0 Å². The summed E-state index contributed by atoms with van der Waals surface area (Å²) in [5.41, 5.74) is 0. The number of rotatable bonds is 10. The minimum Gasteiger partial charge on any atom is -0.469 e. The molecule has 0 atom stereocenters. The molecule has 0 N–H and O–H groups in total. The molecule has 0 rings (SSSR count). The van der Waals surface area contributed by atoms with Gasteiger partial charge in [-0.1, -0.05) is 32.3 Å². The fourth-order valence-corrected chi connectivity index (χ4v) is 1.50. The van der Waals surface area contributed by atoms with Crippen LogP contribution in [0.5, 0.6) is 0 Å². The van der Waals surface area contributed by atoms with Crippen LogP contribution in [-0.2, 0) is 19.1 Å². The van der Waals surface area contributed by atoms with E-state index >= 15 is 0 Å². The van der Waals surface area contributed by atoms with Gasteiger partial charge in [0.25, 0.3) is 0 Å². The van der Waals surface area contributed by atoms with Crippen molar-refractivity contribution in [3.8, 4) is 0 Å². The Hall–Kier alpha value is -1.32. The van der Waals surface area contributed by atoms with Gasteiger partial charge in [-0.05, 0) is 12.8 Å². The zero-order chi connectivity index (χ0) is 12.9. The SMILES string of the molecule is C=COC(=O)CCCCCCCCC(=O)OC. The molecule has 0 heterocycles. The summed E-state index contributed by atoms with van der Waals surface area (Å²) in [4.78, 5) is 21.7. The molecule has 0 spiro atoms. The summed E-state index contributed by atoms with van der Waals surface area (Å²) in [7, 11) is 1.41. The van der Waals surface area contributed by atoms with E-state index in [0.717, 1.165) is 44.8 Å². The van der Waals surface area contributed by atoms with Crippen LogP contribution >= 0.6 is 0 Å². The highest BCUT2D eigenvalue weighted by Crippen LogP contribution is 2.09. The van der Waals surface area contributed by atoms with Gasteiger partial charge in [-0.15, -0.1) is 0 Å². The number of carbonyl (C=O) groups is 2. The van der Waals surface area contributed by atoms with Gasteiger partial charge in [0.2, 0.25) is 0 Å². The standard InChI is InChI=1S/C13H22O4/c1-3-17-13(15)11-9-7-5-4-6-8-10-12(14)16-2/h3H,1,4-11H2,2H3. The van der Waals surface area contributed by atoms with Crippen molar-refractivity contribution in [2.75, 3.05) is 7.11 Å². The summed E-state index contributed by atoms with van der Waals surface area (Å²) in [5.74, 6) is -0.358. The average Bonchev–Trinajstić information content (AvgIpc) is 2.32. The summed E-state index contributed by atoms with van der Waals surface area (Å²) in [6.45, 7) is 3.32. The van der Waals surface area contributed by atoms with Gasteiger partial charge < -0.3 is 9.47 Å². The summed E-state index contributed by atoms with van der Waals surface area (Å²) < 4.78 is 9.15. The van der Waals surface area contributed by atoms with Crippen LogP contribution in [0.2, 0.25) is 0 Å². The van der Waals surface area contributed by atoms with Gasteiger partial charge in [-0.25, -0.2) is 0 Å². The van der Waals surface area contributed by atoms with Crippen molar-refractivity contribution in [3.63, 3.8) is 0 Å². The minimum absolute atomic E-state index is 0.142. The lowest BCUT2D eigenvalue weighted by Gasteiger charge is -2.01. The molecule has 0 fully saturated rings. The van der Waals surface area contributed by atoms with Crippen molar-refractivity contribution in [2.45, 2.75) is 51.4 Å². The number of unbranched alkanes of at least 4 members (excludes halogenated alkanes) is 5. The smallest absolute Gasteiger partial charge is 0.310 e. The van der Waals surface area contributed by atoms with Gasteiger partial charge in [0.05, 0.1) is 13.4 Å². The molecule has 0 aromatic heterocycles. The van der Waals surface area contributed by atoms with Crippen LogP contribution in [0.15, 0.2) is 12.8 Å². The van der Waals surface area contributed by atoms with E-state index in [2.05, 4.69) is 16.1 Å². The Morgan fingerprint density at radius 3 is 1.88 bits per heavy atom. The maximum atomic E-state index is 10.9. The predicted octanol–water partition coefficient (Wildman–Crippen LogP) is 2.97. The van der Waals surface area contributed by atoms with Gasteiger partial charge in [0, 0.05) is 12.8 Å². The number of hydrogen-bond donors (Lipinski definition) is 0. The fraction of sp³-hybridized carbons (Fsp3) is 0.692. The molecule has 0 bridgehead atoms. The van der Waals surface area contributed by atoms with Gasteiger partial charge in [0.1, 0.15) is 0 Å². The van der Waals surface area contributed by atoms with Crippen LogP contribution in [0.25, 0.3) is 0 Å². The fourth-order valence-electron chi connectivity index (χ4n) is 1.50. The molecule has 17 heavy (non-hydrogen) atoms. The van der Waals surface area contributed by atoms with Crippen LogP contribution in [0.3, 0.4) is 0 Å². The number of esters is 2. The highest BCUT2D eigenvalue weighted by molar-refractivity contribution is 5.69. The Bertz CT molecular complexity index is 236. The van der Waals surface area contributed by atoms with Gasteiger partial charge in [-0.3, -0.25) is 9.59 Å². The second kappa shape index (κ2) is 11.2. The molecule has 0 aromatic carbocycles. The molecule has 4 nitrogen and oxygen atoms in total. The topological polar surface area (TPSA) is 52.6 Å². The average molecular weight is 242 g/mol. The lowest BCUT2D eigenvalue weighted by Crippen LogP contribution is -1.99. The lowest BCUT2D eigenvalue weighted by molar-refractivity contribution is -0.141. The first-order valence-electron chi connectivity index (χ1n) is 6.08. The van der Waals surface area contributed by atoms with E-state index < -0.39 is 0 Å². The molecule has 0 amide bonds. The highest BCUT2D eigenvalue weighted by Gasteiger charge is 2.01. The molecule has 0 saturated carbocycles. The molecule has 0 saturated heterocycles. The monoisotopic (exact) mass is 242 g/mol. The van der Waals surface area contributed by atoms with Crippen LogP contribution in [-0.4, -0.2) is 19.0 Å². The summed E-state index contributed by atoms with van der Waals surface area (Å²) in [6.07, 6.45) is 8.08. The molecule has 0 aliphatic rings. The van der Waals surface area contributed by atoms with Crippen molar-refractivity contribution in [3.05, 3.63) is 12.8 Å². The Morgan fingerprint density at radius 2 is 1.41 bits per heavy atom. The van der Waals surface area contributed by atoms with E-state index in [1.165, 1.54) is 7.11 Å². The molecule has 4 heteroatoms. The number of hydrogen-bond acceptors (Lipinski definition) is 4. The molecule has 0 aromatic rings. The highest BCUT2D eigenvalue weighted by atomic mass is 16.5. The molecule has 0 aliphatic heterocycles. The van der Waals surface area contributed by atoms with Crippen LogP contribution in [0.4, 0.5) is 0 Å². The number of methoxy groups -OCH3 is 1. The summed E-state index contributed by atoms with van der Waals surface area (Å²) in [6, 6.07) is 0. The largest absolute Gasteiger partial charge is 0.469 e. The van der Waals surface area contributed by atoms with Crippen molar-refractivity contribution in [1.29, 1.82) is 0 Å².